The molecule has 0 amide bonds. The van der Waals surface area contributed by atoms with Gasteiger partial charge in [0.1, 0.15) is 5.82 Å². The molecular formula is C31H35N3O2. The largest absolute Gasteiger partial charge is 0.504 e. The Hall–Kier alpha value is -3.73. The fourth-order valence-electron chi connectivity index (χ4n) is 4.19. The van der Waals surface area contributed by atoms with E-state index in [0.29, 0.717) is 12.4 Å². The number of nitrogens with one attached hydrogen (secondary N) is 1. The third-order valence-electron chi connectivity index (χ3n) is 6.39. The van der Waals surface area contributed by atoms with Crippen molar-refractivity contribution in [3.05, 3.63) is 90.6 Å². The molecule has 3 aromatic carbocycles. The zero-order valence-corrected chi connectivity index (χ0v) is 21.4. The van der Waals surface area contributed by atoms with Gasteiger partial charge in [-0.05, 0) is 68.5 Å². The predicted molar refractivity (Wildman–Crippen MR) is 147 cm³/mol. The number of imidazole rings is 1. The van der Waals surface area contributed by atoms with Gasteiger partial charge in [0.15, 0.2) is 11.5 Å². The van der Waals surface area contributed by atoms with Crippen LogP contribution in [0.15, 0.2) is 66.7 Å². The minimum absolute atomic E-state index is 0.184. The van der Waals surface area contributed by atoms with Gasteiger partial charge in [-0.15, -0.1) is 0 Å². The van der Waals surface area contributed by atoms with E-state index in [9.17, 15) is 5.11 Å². The van der Waals surface area contributed by atoms with Crippen LogP contribution in [0.2, 0.25) is 0 Å². The number of aromatic amines is 1. The number of ether oxygens (including phenoxy) is 1. The van der Waals surface area contributed by atoms with Crippen molar-refractivity contribution >= 4 is 5.69 Å². The molecule has 5 heteroatoms. The third kappa shape index (κ3) is 5.91. The van der Waals surface area contributed by atoms with Crippen LogP contribution in [0.5, 0.6) is 11.5 Å². The maximum absolute atomic E-state index is 10.5. The minimum Gasteiger partial charge on any atom is -0.504 e. The molecule has 186 valence electrons. The van der Waals surface area contributed by atoms with E-state index in [4.69, 9.17) is 16.8 Å². The normalized spacial score (nSPS) is 11.0. The summed E-state index contributed by atoms with van der Waals surface area (Å²) in [6.07, 6.45) is 3.69. The van der Waals surface area contributed by atoms with E-state index in [1.54, 1.807) is 4.90 Å². The van der Waals surface area contributed by atoms with Crippen LogP contribution in [0.25, 0.3) is 22.6 Å². The third-order valence-corrected chi connectivity index (χ3v) is 6.39. The molecule has 0 aliphatic rings. The molecule has 0 fully saturated rings. The molecule has 2 N–H and O–H groups in total. The minimum atomic E-state index is 0.184. The molecule has 0 saturated heterocycles. The number of benzene rings is 3. The molecule has 0 unspecified atom stereocenters. The lowest BCUT2D eigenvalue weighted by Crippen LogP contribution is -2.12. The summed E-state index contributed by atoms with van der Waals surface area (Å²) in [5.41, 5.74) is 6.92. The molecule has 36 heavy (non-hydrogen) atoms. The van der Waals surface area contributed by atoms with E-state index in [1.807, 2.05) is 44.2 Å². The number of aromatic nitrogens is 2. The number of rotatable bonds is 11. The van der Waals surface area contributed by atoms with Crippen molar-refractivity contribution < 1.29 is 9.84 Å². The summed E-state index contributed by atoms with van der Waals surface area (Å²) in [7, 11) is 6.07. The van der Waals surface area contributed by atoms with E-state index in [2.05, 4.69) is 48.3 Å². The number of H-pyrrole nitrogens is 1. The summed E-state index contributed by atoms with van der Waals surface area (Å²) in [4.78, 5) is 10.3. The highest BCUT2D eigenvalue weighted by molar-refractivity contribution is 5.71. The highest BCUT2D eigenvalue weighted by Gasteiger charge is 2.17. The molecule has 4 rings (SSSR count). The number of nitrogens with zero attached hydrogens (tertiary/aromatic N) is 2. The first-order valence-electron chi connectivity index (χ1n) is 12.7. The van der Waals surface area contributed by atoms with Crippen LogP contribution in [0.4, 0.5) is 5.69 Å². The van der Waals surface area contributed by atoms with Crippen molar-refractivity contribution in [2.45, 2.75) is 46.5 Å². The Morgan fingerprint density at radius 3 is 2.42 bits per heavy atom. The summed E-state index contributed by atoms with van der Waals surface area (Å²) < 4.78 is 5.89. The van der Waals surface area contributed by atoms with Crippen LogP contribution in [0.1, 0.15) is 43.5 Å². The lowest BCUT2D eigenvalue weighted by atomic mass is 10.0. The monoisotopic (exact) mass is 481 g/mol. The first-order valence-corrected chi connectivity index (χ1v) is 12.7. The van der Waals surface area contributed by atoms with E-state index < -0.39 is 0 Å². The van der Waals surface area contributed by atoms with Gasteiger partial charge in [0.2, 0.25) is 0 Å². The lowest BCUT2D eigenvalue weighted by Gasteiger charge is -2.16. The molecule has 0 bridgehead atoms. The van der Waals surface area contributed by atoms with Crippen molar-refractivity contribution in [2.24, 2.45) is 0 Å². The van der Waals surface area contributed by atoms with Gasteiger partial charge >= 0.3 is 0 Å². The second-order valence-electron chi connectivity index (χ2n) is 9.07. The highest BCUT2D eigenvalue weighted by atomic mass is 16.5. The van der Waals surface area contributed by atoms with E-state index in [0.717, 1.165) is 71.8 Å². The zero-order chi connectivity index (χ0) is 25.5. The number of hydrogen-bond acceptors (Lipinski definition) is 4. The lowest BCUT2D eigenvalue weighted by molar-refractivity contribution is 0.292. The molecule has 4 aromatic rings. The number of phenolic OH excluding ortho intramolecular Hbond substituents is 1. The molecule has 0 saturated carbocycles. The zero-order valence-electron chi connectivity index (χ0n) is 21.4. The number of anilines is 1. The summed E-state index contributed by atoms with van der Waals surface area (Å²) in [5, 5.41) is 10.5. The van der Waals surface area contributed by atoms with Crippen molar-refractivity contribution in [3.8, 4) is 34.1 Å². The standard InChI is InChI=1S/C31H35N3O2/c1-5-7-19-36-28-21-25(20-22(3)30(28)35)31-32-27(18-13-23-11-9-8-10-12-23)29(33-31)24-14-16-26(17-15-24)34(4)6-2/h4,8-12,14-17,20-21,35H,5-7,13,18-19H2,1-3H3,(H,32,33). The molecule has 1 aromatic heterocycles. The van der Waals surface area contributed by atoms with Gasteiger partial charge in [-0.25, -0.2) is 4.98 Å². The molecule has 1 heterocycles. The SMILES string of the molecule is [CH]N(CC)c1ccc(-c2nc(-c3cc(C)c(O)c(OCCCC)c3)[nH]c2CCc2ccccc2)cc1. The number of aryl methyl sites for hydroxylation is 3. The quantitative estimate of drug-likeness (QED) is 0.175. The molecular weight excluding hydrogens is 446 g/mol. The molecule has 5 nitrogen and oxygen atoms in total. The van der Waals surface area contributed by atoms with Crippen LogP contribution >= 0.6 is 0 Å². The Balaban J connectivity index is 1.70. The summed E-state index contributed by atoms with van der Waals surface area (Å²) in [6, 6.07) is 22.5. The predicted octanol–water partition coefficient (Wildman–Crippen LogP) is 7.22. The summed E-state index contributed by atoms with van der Waals surface area (Å²) in [5.74, 6) is 1.44. The average Bonchev–Trinajstić information content (AvgIpc) is 3.34. The van der Waals surface area contributed by atoms with Gasteiger partial charge in [0, 0.05) is 29.1 Å². The Morgan fingerprint density at radius 1 is 0.972 bits per heavy atom. The van der Waals surface area contributed by atoms with Crippen molar-refractivity contribution in [2.75, 3.05) is 18.1 Å². The van der Waals surface area contributed by atoms with Crippen LogP contribution < -0.4 is 9.64 Å². The number of aromatic hydroxyl groups is 1. The smallest absolute Gasteiger partial charge is 0.161 e. The van der Waals surface area contributed by atoms with Gasteiger partial charge in [-0.1, -0.05) is 55.8 Å². The first kappa shape index (κ1) is 25.4. The number of unbranched alkanes of at least 4 members (excludes halogenated alkanes) is 1. The Morgan fingerprint density at radius 2 is 1.72 bits per heavy atom. The van der Waals surface area contributed by atoms with Crippen molar-refractivity contribution in [3.63, 3.8) is 0 Å². The Kier molecular flexibility index (Phi) is 8.32. The van der Waals surface area contributed by atoms with Gasteiger partial charge < -0.3 is 19.7 Å². The van der Waals surface area contributed by atoms with Crippen LogP contribution in [-0.4, -0.2) is 28.2 Å². The Labute approximate surface area is 214 Å². The topological polar surface area (TPSA) is 61.4 Å². The number of phenols is 1. The van der Waals surface area contributed by atoms with Gasteiger partial charge in [0.25, 0.3) is 0 Å². The van der Waals surface area contributed by atoms with Crippen LogP contribution in [-0.2, 0) is 12.8 Å². The van der Waals surface area contributed by atoms with Crippen molar-refractivity contribution in [1.29, 1.82) is 0 Å². The number of hydrogen-bond donors (Lipinski definition) is 2. The summed E-state index contributed by atoms with van der Waals surface area (Å²) in [6.45, 7) is 7.33. The fourth-order valence-corrected chi connectivity index (χ4v) is 4.19. The van der Waals surface area contributed by atoms with Gasteiger partial charge in [0.05, 0.1) is 19.3 Å². The Bertz CT molecular complexity index is 1260. The molecule has 2 radical (unpaired) electrons. The summed E-state index contributed by atoms with van der Waals surface area (Å²) >= 11 is 0. The molecule has 0 aliphatic carbocycles. The highest BCUT2D eigenvalue weighted by Crippen LogP contribution is 2.36. The van der Waals surface area contributed by atoms with Gasteiger partial charge in [-0.3, -0.25) is 0 Å². The maximum atomic E-state index is 10.5. The van der Waals surface area contributed by atoms with E-state index in [-0.39, 0.29) is 5.75 Å². The van der Waals surface area contributed by atoms with E-state index >= 15 is 0 Å². The fraction of sp³-hybridized carbons (Fsp3) is 0.290. The maximum Gasteiger partial charge on any atom is 0.161 e. The van der Waals surface area contributed by atoms with E-state index in [1.165, 1.54) is 5.56 Å². The van der Waals surface area contributed by atoms with Crippen LogP contribution in [0.3, 0.4) is 0 Å². The molecule has 0 aliphatic heterocycles. The molecule has 0 atom stereocenters. The van der Waals surface area contributed by atoms with Crippen LogP contribution in [0, 0.1) is 14.0 Å². The second kappa shape index (κ2) is 11.8. The average molecular weight is 482 g/mol. The first-order chi connectivity index (χ1) is 17.5. The second-order valence-corrected chi connectivity index (χ2v) is 9.07. The van der Waals surface area contributed by atoms with Gasteiger partial charge in [-0.2, -0.15) is 0 Å². The molecule has 0 spiro atoms. The van der Waals surface area contributed by atoms with Crippen molar-refractivity contribution in [1.82, 2.24) is 9.97 Å².